The van der Waals surface area contributed by atoms with Gasteiger partial charge in [0, 0.05) is 12.7 Å². The van der Waals surface area contributed by atoms with Crippen molar-refractivity contribution in [3.63, 3.8) is 0 Å². The van der Waals surface area contributed by atoms with E-state index in [9.17, 15) is 9.50 Å². The Bertz CT molecular complexity index is 955. The Kier molecular flexibility index (Phi) is 8.27. The first-order valence-electron chi connectivity index (χ1n) is 10.3. The van der Waals surface area contributed by atoms with E-state index in [-0.39, 0.29) is 12.4 Å². The summed E-state index contributed by atoms with van der Waals surface area (Å²) >= 11 is 0. The van der Waals surface area contributed by atoms with Crippen LogP contribution in [0.4, 0.5) is 4.39 Å². The highest BCUT2D eigenvalue weighted by Crippen LogP contribution is 2.17. The zero-order chi connectivity index (χ0) is 22.1. The van der Waals surface area contributed by atoms with E-state index in [0.717, 1.165) is 17.0 Å². The van der Waals surface area contributed by atoms with E-state index >= 15 is 0 Å². The lowest BCUT2D eigenvalue weighted by atomic mass is 10.2. The Morgan fingerprint density at radius 2 is 1.90 bits per heavy atom. The summed E-state index contributed by atoms with van der Waals surface area (Å²) in [5.74, 6) is 1.22. The number of quaternary nitrogens is 1. The van der Waals surface area contributed by atoms with Gasteiger partial charge in [-0.1, -0.05) is 18.7 Å². The molecule has 0 aliphatic rings. The van der Waals surface area contributed by atoms with Crippen molar-refractivity contribution in [2.24, 2.45) is 0 Å². The van der Waals surface area contributed by atoms with Crippen LogP contribution in [0.1, 0.15) is 11.3 Å². The second-order valence-corrected chi connectivity index (χ2v) is 7.52. The number of nitrogens with zero attached hydrogens (tertiary/aromatic N) is 1. The molecule has 2 atom stereocenters. The molecule has 0 aliphatic heterocycles. The fraction of sp³-hybridized carbons (Fsp3) is 0.280. The van der Waals surface area contributed by atoms with Crippen LogP contribution in [-0.2, 0) is 13.1 Å². The van der Waals surface area contributed by atoms with Crippen molar-refractivity contribution < 1.29 is 23.9 Å². The number of ether oxygens (including phenoxy) is 2. The molecule has 0 aliphatic carbocycles. The number of rotatable bonds is 12. The molecule has 164 valence electrons. The molecule has 6 heteroatoms. The number of aliphatic hydroxyl groups excluding tert-OH is 1. The molecule has 0 bridgehead atoms. The van der Waals surface area contributed by atoms with Crippen LogP contribution in [0.5, 0.6) is 11.5 Å². The maximum atomic E-state index is 13.5. The lowest BCUT2D eigenvalue weighted by Crippen LogP contribution is -3.11. The van der Waals surface area contributed by atoms with Gasteiger partial charge in [-0.25, -0.2) is 4.39 Å². The Labute approximate surface area is 183 Å². The summed E-state index contributed by atoms with van der Waals surface area (Å²) in [5.41, 5.74) is 2.03. The summed E-state index contributed by atoms with van der Waals surface area (Å²) in [6.45, 7) is 6.61. The van der Waals surface area contributed by atoms with Gasteiger partial charge in [0.25, 0.3) is 0 Å². The first-order chi connectivity index (χ1) is 15.1. The molecular formula is C25H30FN2O3+. The number of benzene rings is 2. The molecule has 2 N–H and O–H groups in total. The average molecular weight is 426 g/mol. The number of hydrogen-bond acceptors (Lipinski definition) is 3. The van der Waals surface area contributed by atoms with Crippen LogP contribution in [-0.4, -0.2) is 42.6 Å². The van der Waals surface area contributed by atoms with Crippen molar-refractivity contribution >= 4 is 0 Å². The molecule has 0 spiro atoms. The number of halogens is 1. The molecule has 3 rings (SSSR count). The van der Waals surface area contributed by atoms with Crippen LogP contribution < -0.4 is 14.4 Å². The van der Waals surface area contributed by atoms with Crippen LogP contribution in [0, 0.1) is 5.82 Å². The minimum absolute atomic E-state index is 0.206. The van der Waals surface area contributed by atoms with E-state index in [2.05, 4.69) is 17.2 Å². The van der Waals surface area contributed by atoms with Crippen molar-refractivity contribution in [2.45, 2.75) is 19.2 Å². The quantitative estimate of drug-likeness (QED) is 0.439. The van der Waals surface area contributed by atoms with Crippen LogP contribution in [0.3, 0.4) is 0 Å². The molecule has 1 unspecified atom stereocenters. The van der Waals surface area contributed by atoms with Crippen molar-refractivity contribution in [3.8, 4) is 11.5 Å². The molecule has 0 saturated carbocycles. The fourth-order valence-corrected chi connectivity index (χ4v) is 3.54. The molecule has 31 heavy (non-hydrogen) atoms. The zero-order valence-corrected chi connectivity index (χ0v) is 17.8. The number of nitrogens with one attached hydrogen (secondary N) is 1. The van der Waals surface area contributed by atoms with Gasteiger partial charge < -0.3 is 24.0 Å². The molecule has 2 aromatic carbocycles. The van der Waals surface area contributed by atoms with Crippen molar-refractivity contribution in [1.29, 1.82) is 0 Å². The van der Waals surface area contributed by atoms with Gasteiger partial charge in [0.2, 0.25) is 0 Å². The predicted molar refractivity (Wildman–Crippen MR) is 119 cm³/mol. The monoisotopic (exact) mass is 425 g/mol. The van der Waals surface area contributed by atoms with E-state index < -0.39 is 6.10 Å². The van der Waals surface area contributed by atoms with Gasteiger partial charge in [0.15, 0.2) is 0 Å². The SMILES string of the molecule is C=CC[NH+](Cc1cccn1Cc1cccc(F)c1)C[C@H](O)COc1ccc(OC)cc1. The first kappa shape index (κ1) is 22.6. The fourth-order valence-electron chi connectivity index (χ4n) is 3.54. The highest BCUT2D eigenvalue weighted by molar-refractivity contribution is 5.31. The van der Waals surface area contributed by atoms with Gasteiger partial charge in [0.05, 0.1) is 19.3 Å². The molecule has 3 aromatic rings. The summed E-state index contributed by atoms with van der Waals surface area (Å²) in [4.78, 5) is 1.17. The molecule has 0 fully saturated rings. The standard InChI is InChI=1S/C25H29FN2O3/c1-3-13-27(18-23(29)19-31-25-11-9-24(30-2)10-12-25)17-22-8-5-14-28(22)16-20-6-4-7-21(26)15-20/h3-12,14-15,23,29H,1,13,16-19H2,2H3/p+1/t23-/m0/s1. The van der Waals surface area contributed by atoms with Gasteiger partial charge in [-0.05, 0) is 60.2 Å². The van der Waals surface area contributed by atoms with Gasteiger partial charge in [-0.3, -0.25) is 0 Å². The third kappa shape index (κ3) is 6.98. The third-order valence-electron chi connectivity index (χ3n) is 5.06. The molecule has 0 radical (unpaired) electrons. The molecule has 0 amide bonds. The summed E-state index contributed by atoms with van der Waals surface area (Å²) < 4.78 is 26.5. The van der Waals surface area contributed by atoms with E-state index in [0.29, 0.717) is 31.9 Å². The average Bonchev–Trinajstić information content (AvgIpc) is 3.19. The minimum atomic E-state index is -0.622. The van der Waals surface area contributed by atoms with Gasteiger partial charge >= 0.3 is 0 Å². The molecule has 0 saturated heterocycles. The number of aromatic nitrogens is 1. The Morgan fingerprint density at radius 1 is 1.13 bits per heavy atom. The van der Waals surface area contributed by atoms with E-state index in [1.807, 2.05) is 48.7 Å². The van der Waals surface area contributed by atoms with E-state index in [1.165, 1.54) is 11.0 Å². The summed E-state index contributed by atoms with van der Waals surface area (Å²) in [6, 6.07) is 18.0. The summed E-state index contributed by atoms with van der Waals surface area (Å²) in [6.07, 6.45) is 3.23. The van der Waals surface area contributed by atoms with Crippen LogP contribution >= 0.6 is 0 Å². The number of methoxy groups -OCH3 is 1. The van der Waals surface area contributed by atoms with Gasteiger partial charge in [-0.2, -0.15) is 0 Å². The predicted octanol–water partition coefficient (Wildman–Crippen LogP) is 2.69. The molecular weight excluding hydrogens is 395 g/mol. The Morgan fingerprint density at radius 3 is 2.61 bits per heavy atom. The van der Waals surface area contributed by atoms with Crippen LogP contribution in [0.15, 0.2) is 79.5 Å². The Balaban J connectivity index is 1.56. The Hall–Kier alpha value is -3.09. The normalized spacial score (nSPS) is 12.9. The molecule has 5 nitrogen and oxygen atoms in total. The number of hydrogen-bond donors (Lipinski definition) is 2. The van der Waals surface area contributed by atoms with Crippen molar-refractivity contribution in [2.75, 3.05) is 26.8 Å². The van der Waals surface area contributed by atoms with Crippen LogP contribution in [0.25, 0.3) is 0 Å². The minimum Gasteiger partial charge on any atom is -0.497 e. The molecule has 1 aromatic heterocycles. The highest BCUT2D eigenvalue weighted by Gasteiger charge is 2.17. The van der Waals surface area contributed by atoms with Gasteiger partial charge in [0.1, 0.15) is 43.1 Å². The first-order valence-corrected chi connectivity index (χ1v) is 10.3. The summed E-state index contributed by atoms with van der Waals surface area (Å²) in [7, 11) is 1.62. The zero-order valence-electron chi connectivity index (χ0n) is 17.8. The van der Waals surface area contributed by atoms with E-state index in [1.54, 1.807) is 19.2 Å². The lowest BCUT2D eigenvalue weighted by Gasteiger charge is -2.22. The molecule has 1 heterocycles. The summed E-state index contributed by atoms with van der Waals surface area (Å²) in [5, 5.41) is 10.5. The maximum Gasteiger partial charge on any atom is 0.137 e. The lowest BCUT2D eigenvalue weighted by molar-refractivity contribution is -0.911. The van der Waals surface area contributed by atoms with Gasteiger partial charge in [-0.15, -0.1) is 0 Å². The second kappa shape index (κ2) is 11.3. The largest absolute Gasteiger partial charge is 0.497 e. The third-order valence-corrected chi connectivity index (χ3v) is 5.06. The van der Waals surface area contributed by atoms with Crippen LogP contribution in [0.2, 0.25) is 0 Å². The van der Waals surface area contributed by atoms with Crippen molar-refractivity contribution in [1.82, 2.24) is 4.57 Å². The van der Waals surface area contributed by atoms with Crippen molar-refractivity contribution in [3.05, 3.63) is 96.6 Å². The maximum absolute atomic E-state index is 13.5. The number of aliphatic hydroxyl groups is 1. The second-order valence-electron chi connectivity index (χ2n) is 7.52. The smallest absolute Gasteiger partial charge is 0.137 e. The topological polar surface area (TPSA) is 48.1 Å². The van der Waals surface area contributed by atoms with E-state index in [4.69, 9.17) is 9.47 Å². The highest BCUT2D eigenvalue weighted by atomic mass is 19.1.